The van der Waals surface area contributed by atoms with E-state index >= 15 is 0 Å². The van der Waals surface area contributed by atoms with Crippen molar-refractivity contribution in [2.75, 3.05) is 0 Å². The SMILES string of the molecule is C=C1CC(=O)[C@H](CC=CCCCC(=O)O)[C@H]1C=CC(=O)c1cc2ccccc2s1. The van der Waals surface area contributed by atoms with Crippen molar-refractivity contribution in [1.29, 1.82) is 0 Å². The second-order valence-corrected chi connectivity index (χ2v) is 8.38. The minimum absolute atomic E-state index is 0.0543. The maximum Gasteiger partial charge on any atom is 0.303 e. The highest BCUT2D eigenvalue weighted by Gasteiger charge is 2.34. The summed E-state index contributed by atoms with van der Waals surface area (Å²) in [6, 6.07) is 9.79. The number of carboxylic acid groups (broad SMARTS) is 1. The number of benzene rings is 1. The number of aliphatic carboxylic acids is 1. The Morgan fingerprint density at radius 2 is 2.03 bits per heavy atom. The van der Waals surface area contributed by atoms with Gasteiger partial charge in [0.2, 0.25) is 0 Å². The first-order valence-electron chi connectivity index (χ1n) is 9.74. The normalized spacial score (nSPS) is 19.7. The number of thiophene rings is 1. The molecule has 4 nitrogen and oxygen atoms in total. The summed E-state index contributed by atoms with van der Waals surface area (Å²) in [5.41, 5.74) is 0.847. The van der Waals surface area contributed by atoms with Crippen molar-refractivity contribution < 1.29 is 19.5 Å². The maximum atomic E-state index is 12.6. The number of Topliss-reactive ketones (excluding diaryl/α,β-unsaturated/α-hetero) is 1. The highest BCUT2D eigenvalue weighted by atomic mass is 32.1. The molecule has 1 aromatic carbocycles. The van der Waals surface area contributed by atoms with Crippen LogP contribution in [0.4, 0.5) is 0 Å². The van der Waals surface area contributed by atoms with Gasteiger partial charge < -0.3 is 5.11 Å². The molecule has 0 aliphatic heterocycles. The number of carbonyl (C=O) groups is 3. The van der Waals surface area contributed by atoms with Crippen LogP contribution in [0, 0.1) is 11.8 Å². The third-order valence-corrected chi connectivity index (χ3v) is 6.29. The average Bonchev–Trinajstić information content (AvgIpc) is 3.23. The van der Waals surface area contributed by atoms with Crippen molar-refractivity contribution in [3.63, 3.8) is 0 Å². The van der Waals surface area contributed by atoms with E-state index in [1.54, 1.807) is 6.08 Å². The Balaban J connectivity index is 1.62. The highest BCUT2D eigenvalue weighted by molar-refractivity contribution is 7.21. The predicted octanol–water partition coefficient (Wildman–Crippen LogP) is 5.60. The van der Waals surface area contributed by atoms with Crippen LogP contribution in [0.25, 0.3) is 10.1 Å². The van der Waals surface area contributed by atoms with Gasteiger partial charge in [-0.15, -0.1) is 11.3 Å². The minimum atomic E-state index is -0.797. The summed E-state index contributed by atoms with van der Waals surface area (Å²) in [6.07, 6.45) is 9.61. The standard InChI is InChI=1S/C24H24O4S/c1-16-14-21(26)19(9-4-2-3-5-11-24(27)28)18(16)12-13-20(25)23-15-17-8-6-7-10-22(17)29-23/h2,4,6-8,10,12-13,15,18-19H,1,3,5,9,11,14H2,(H,27,28)/t18-,19+/m0/s1. The summed E-state index contributed by atoms with van der Waals surface area (Å²) < 4.78 is 1.08. The molecule has 3 rings (SSSR count). The van der Waals surface area contributed by atoms with Crippen molar-refractivity contribution in [1.82, 2.24) is 0 Å². The molecule has 0 unspecified atom stereocenters. The number of hydrogen-bond acceptors (Lipinski definition) is 4. The van der Waals surface area contributed by atoms with Crippen LogP contribution in [0.3, 0.4) is 0 Å². The highest BCUT2D eigenvalue weighted by Crippen LogP contribution is 2.36. The Bertz CT molecular complexity index is 962. The zero-order chi connectivity index (χ0) is 20.8. The monoisotopic (exact) mass is 408 g/mol. The van der Waals surface area contributed by atoms with Crippen LogP contribution in [0.2, 0.25) is 0 Å². The van der Waals surface area contributed by atoms with Gasteiger partial charge in [-0.25, -0.2) is 0 Å². The van der Waals surface area contributed by atoms with Gasteiger partial charge in [0.25, 0.3) is 0 Å². The van der Waals surface area contributed by atoms with E-state index in [0.717, 1.165) is 15.7 Å². The van der Waals surface area contributed by atoms with Gasteiger partial charge in [-0.3, -0.25) is 14.4 Å². The van der Waals surface area contributed by atoms with Crippen LogP contribution in [-0.4, -0.2) is 22.6 Å². The third-order valence-electron chi connectivity index (χ3n) is 5.16. The number of allylic oxidation sites excluding steroid dienone is 5. The van der Waals surface area contributed by atoms with Crippen LogP contribution in [0.5, 0.6) is 0 Å². The number of unbranched alkanes of at least 4 members (excludes halogenated alkanes) is 1. The van der Waals surface area contributed by atoms with Gasteiger partial charge >= 0.3 is 5.97 Å². The maximum absolute atomic E-state index is 12.6. The van der Waals surface area contributed by atoms with E-state index in [4.69, 9.17) is 5.11 Å². The molecule has 150 valence electrons. The molecule has 5 heteroatoms. The van der Waals surface area contributed by atoms with Crippen molar-refractivity contribution in [3.05, 3.63) is 71.7 Å². The van der Waals surface area contributed by atoms with E-state index in [0.29, 0.717) is 30.6 Å². The van der Waals surface area contributed by atoms with Crippen molar-refractivity contribution in [2.45, 2.75) is 32.1 Å². The molecule has 0 amide bonds. The Kier molecular flexibility index (Phi) is 6.94. The summed E-state index contributed by atoms with van der Waals surface area (Å²) >= 11 is 1.47. The number of hydrogen-bond donors (Lipinski definition) is 1. The smallest absolute Gasteiger partial charge is 0.303 e. The molecule has 0 radical (unpaired) electrons. The molecular formula is C24H24O4S. The zero-order valence-electron chi connectivity index (χ0n) is 16.2. The fourth-order valence-electron chi connectivity index (χ4n) is 3.61. The summed E-state index contributed by atoms with van der Waals surface area (Å²) in [5.74, 6) is -1.04. The van der Waals surface area contributed by atoms with Gasteiger partial charge in [-0.1, -0.05) is 48.6 Å². The number of carbonyl (C=O) groups excluding carboxylic acids is 2. The molecule has 1 aromatic heterocycles. The van der Waals surface area contributed by atoms with Crippen LogP contribution in [0.15, 0.2) is 66.8 Å². The minimum Gasteiger partial charge on any atom is -0.481 e. The summed E-state index contributed by atoms with van der Waals surface area (Å²) in [6.45, 7) is 4.03. The van der Waals surface area contributed by atoms with E-state index in [2.05, 4.69) is 6.58 Å². The summed E-state index contributed by atoms with van der Waals surface area (Å²) in [7, 11) is 0. The largest absolute Gasteiger partial charge is 0.481 e. The Morgan fingerprint density at radius 3 is 2.79 bits per heavy atom. The molecule has 1 saturated carbocycles. The lowest BCUT2D eigenvalue weighted by atomic mass is 9.89. The van der Waals surface area contributed by atoms with Crippen molar-refractivity contribution in [2.24, 2.45) is 11.8 Å². The fourth-order valence-corrected chi connectivity index (χ4v) is 4.60. The van der Waals surface area contributed by atoms with Crippen molar-refractivity contribution in [3.8, 4) is 0 Å². The second-order valence-electron chi connectivity index (χ2n) is 7.30. The zero-order valence-corrected chi connectivity index (χ0v) is 17.0. The van der Waals surface area contributed by atoms with Gasteiger partial charge in [0.05, 0.1) is 4.88 Å². The number of carboxylic acids is 1. The third kappa shape index (κ3) is 5.39. The topological polar surface area (TPSA) is 71.4 Å². The van der Waals surface area contributed by atoms with E-state index in [9.17, 15) is 14.4 Å². The number of ketones is 2. The molecule has 1 N–H and O–H groups in total. The molecule has 2 atom stereocenters. The number of rotatable bonds is 9. The fraction of sp³-hybridized carbons (Fsp3) is 0.292. The first kappa shape index (κ1) is 20.9. The lowest BCUT2D eigenvalue weighted by Gasteiger charge is -2.13. The lowest BCUT2D eigenvalue weighted by Crippen LogP contribution is -2.13. The molecule has 1 aliphatic rings. The van der Waals surface area contributed by atoms with E-state index in [1.807, 2.05) is 48.6 Å². The predicted molar refractivity (Wildman–Crippen MR) is 116 cm³/mol. The quantitative estimate of drug-likeness (QED) is 0.254. The summed E-state index contributed by atoms with van der Waals surface area (Å²) in [4.78, 5) is 36.2. The van der Waals surface area contributed by atoms with Gasteiger partial charge in [-0.05, 0) is 42.9 Å². The van der Waals surface area contributed by atoms with Gasteiger partial charge in [0, 0.05) is 29.4 Å². The molecule has 1 fully saturated rings. The summed E-state index contributed by atoms with van der Waals surface area (Å²) in [5, 5.41) is 9.71. The molecule has 2 aromatic rings. The first-order chi connectivity index (χ1) is 14.0. The number of fused-ring (bicyclic) bond motifs is 1. The first-order valence-corrected chi connectivity index (χ1v) is 10.6. The van der Waals surface area contributed by atoms with Crippen molar-refractivity contribution >= 4 is 39.0 Å². The Hall–Kier alpha value is -2.79. The molecule has 29 heavy (non-hydrogen) atoms. The van der Waals surface area contributed by atoms with Crippen LogP contribution >= 0.6 is 11.3 Å². The molecule has 0 saturated heterocycles. The average molecular weight is 409 g/mol. The van der Waals surface area contributed by atoms with Crippen LogP contribution < -0.4 is 0 Å². The Morgan fingerprint density at radius 1 is 1.24 bits per heavy atom. The molecule has 1 aliphatic carbocycles. The molecule has 0 bridgehead atoms. The van der Waals surface area contributed by atoms with E-state index < -0.39 is 5.97 Å². The molecule has 1 heterocycles. The molecular weight excluding hydrogens is 384 g/mol. The lowest BCUT2D eigenvalue weighted by molar-refractivity contribution is -0.137. The van der Waals surface area contributed by atoms with Crippen LogP contribution in [0.1, 0.15) is 41.8 Å². The van der Waals surface area contributed by atoms with Gasteiger partial charge in [0.1, 0.15) is 5.78 Å². The van der Waals surface area contributed by atoms with Crippen LogP contribution in [-0.2, 0) is 9.59 Å². The van der Waals surface area contributed by atoms with Gasteiger partial charge in [-0.2, -0.15) is 0 Å². The van der Waals surface area contributed by atoms with E-state index in [-0.39, 0.29) is 29.8 Å². The Labute approximate surface area is 174 Å². The van der Waals surface area contributed by atoms with E-state index in [1.165, 1.54) is 11.3 Å². The van der Waals surface area contributed by atoms with Gasteiger partial charge in [0.15, 0.2) is 5.78 Å². The molecule has 0 spiro atoms. The second kappa shape index (κ2) is 9.61.